The van der Waals surface area contributed by atoms with Gasteiger partial charge in [-0.1, -0.05) is 6.07 Å². The molecule has 0 aromatic heterocycles. The van der Waals surface area contributed by atoms with E-state index < -0.39 is 24.5 Å². The molecule has 0 saturated heterocycles. The van der Waals surface area contributed by atoms with Crippen molar-refractivity contribution in [3.8, 4) is 5.75 Å². The van der Waals surface area contributed by atoms with Crippen LogP contribution in [0.5, 0.6) is 5.75 Å². The zero-order chi connectivity index (χ0) is 14.8. The van der Waals surface area contributed by atoms with Crippen LogP contribution in [-0.4, -0.2) is 18.6 Å². The fourth-order valence-electron chi connectivity index (χ4n) is 2.34. The maximum absolute atomic E-state index is 12.6. The Labute approximate surface area is 115 Å². The van der Waals surface area contributed by atoms with E-state index in [0.717, 1.165) is 31.2 Å². The number of fused-ring (bicyclic) bond motifs is 1. The van der Waals surface area contributed by atoms with Crippen LogP contribution in [0.15, 0.2) is 18.2 Å². The van der Waals surface area contributed by atoms with E-state index >= 15 is 0 Å². The summed E-state index contributed by atoms with van der Waals surface area (Å²) in [5, 5.41) is 7.00. The molecule has 0 bridgehead atoms. The first-order valence-electron chi connectivity index (χ1n) is 6.53. The molecule has 1 aromatic rings. The van der Waals surface area contributed by atoms with Gasteiger partial charge in [0.1, 0.15) is 24.1 Å². The molecule has 1 aromatic carbocycles. The summed E-state index contributed by atoms with van der Waals surface area (Å²) in [7, 11) is 0. The summed E-state index contributed by atoms with van der Waals surface area (Å²) in [5.74, 6) is -2.57. The van der Waals surface area contributed by atoms with Gasteiger partial charge in [-0.05, 0) is 48.9 Å². The van der Waals surface area contributed by atoms with Gasteiger partial charge >= 0.3 is 6.18 Å². The standard InChI is InChI=1S/C14H17F3N2O/c15-14(16,17)12(13(18)19)8-20-11-6-5-9-3-1-2-4-10(9)7-11/h5-7,12H,1-4,8H2,(H3,18,19). The molecule has 0 amide bonds. The third-order valence-corrected chi connectivity index (χ3v) is 3.51. The van der Waals surface area contributed by atoms with Gasteiger partial charge in [-0.25, -0.2) is 0 Å². The Morgan fingerprint density at radius 3 is 2.50 bits per heavy atom. The first kappa shape index (κ1) is 14.7. The molecule has 3 nitrogen and oxygen atoms in total. The van der Waals surface area contributed by atoms with Crippen LogP contribution >= 0.6 is 0 Å². The van der Waals surface area contributed by atoms with Crippen molar-refractivity contribution < 1.29 is 17.9 Å². The van der Waals surface area contributed by atoms with Crippen LogP contribution in [0.25, 0.3) is 0 Å². The van der Waals surface area contributed by atoms with Gasteiger partial charge in [-0.3, -0.25) is 5.41 Å². The molecule has 0 spiro atoms. The molecule has 3 N–H and O–H groups in total. The number of benzene rings is 1. The topological polar surface area (TPSA) is 59.1 Å². The number of alkyl halides is 3. The Morgan fingerprint density at radius 2 is 1.90 bits per heavy atom. The third-order valence-electron chi connectivity index (χ3n) is 3.51. The SMILES string of the molecule is N=C(N)C(COc1ccc2c(c1)CCCC2)C(F)(F)F. The maximum atomic E-state index is 12.6. The van der Waals surface area contributed by atoms with Gasteiger partial charge in [0.05, 0.1) is 0 Å². The Hall–Kier alpha value is -1.72. The number of hydrogen-bond donors (Lipinski definition) is 2. The van der Waals surface area contributed by atoms with Crippen molar-refractivity contribution in [2.45, 2.75) is 31.9 Å². The molecular weight excluding hydrogens is 269 g/mol. The molecule has 0 aliphatic heterocycles. The summed E-state index contributed by atoms with van der Waals surface area (Å²) in [6, 6.07) is 5.37. The van der Waals surface area contributed by atoms with Crippen LogP contribution in [0.1, 0.15) is 24.0 Å². The Kier molecular flexibility index (Phi) is 4.20. The number of nitrogens with one attached hydrogen (secondary N) is 1. The largest absolute Gasteiger partial charge is 0.492 e. The van der Waals surface area contributed by atoms with Crippen LogP contribution in [0.2, 0.25) is 0 Å². The second-order valence-electron chi connectivity index (χ2n) is 5.00. The molecule has 20 heavy (non-hydrogen) atoms. The maximum Gasteiger partial charge on any atom is 0.401 e. The van der Waals surface area contributed by atoms with Crippen LogP contribution in [0.3, 0.4) is 0 Å². The number of nitrogens with two attached hydrogens (primary N) is 1. The number of hydrogen-bond acceptors (Lipinski definition) is 2. The van der Waals surface area contributed by atoms with Gasteiger partial charge in [0, 0.05) is 0 Å². The smallest absolute Gasteiger partial charge is 0.401 e. The normalized spacial score (nSPS) is 16.4. The molecule has 1 atom stereocenters. The molecule has 0 saturated carbocycles. The van der Waals surface area contributed by atoms with Crippen molar-refractivity contribution in [1.29, 1.82) is 5.41 Å². The van der Waals surface area contributed by atoms with E-state index in [1.165, 1.54) is 5.56 Å². The zero-order valence-corrected chi connectivity index (χ0v) is 11.0. The van der Waals surface area contributed by atoms with Crippen molar-refractivity contribution in [1.82, 2.24) is 0 Å². The molecule has 1 aliphatic rings. The highest BCUT2D eigenvalue weighted by atomic mass is 19.4. The van der Waals surface area contributed by atoms with Crippen molar-refractivity contribution in [3.63, 3.8) is 0 Å². The highest BCUT2D eigenvalue weighted by molar-refractivity contribution is 5.80. The Bertz CT molecular complexity index is 500. The Balaban J connectivity index is 2.05. The predicted octanol–water partition coefficient (Wildman–Crippen LogP) is 3.06. The number of ether oxygens (including phenoxy) is 1. The first-order valence-corrected chi connectivity index (χ1v) is 6.53. The number of amidine groups is 1. The van der Waals surface area contributed by atoms with E-state index in [0.29, 0.717) is 5.75 Å². The van der Waals surface area contributed by atoms with E-state index in [9.17, 15) is 13.2 Å². The second kappa shape index (κ2) is 5.73. The first-order chi connectivity index (χ1) is 9.38. The van der Waals surface area contributed by atoms with Crippen LogP contribution in [-0.2, 0) is 12.8 Å². The number of aryl methyl sites for hydroxylation is 2. The summed E-state index contributed by atoms with van der Waals surface area (Å²) in [4.78, 5) is 0. The van der Waals surface area contributed by atoms with Gasteiger partial charge in [-0.15, -0.1) is 0 Å². The minimum absolute atomic E-state index is 0.404. The molecule has 1 aliphatic carbocycles. The highest BCUT2D eigenvalue weighted by Crippen LogP contribution is 2.29. The van der Waals surface area contributed by atoms with E-state index in [1.807, 2.05) is 6.07 Å². The molecule has 0 heterocycles. The summed E-state index contributed by atoms with van der Waals surface area (Å²) < 4.78 is 43.1. The minimum Gasteiger partial charge on any atom is -0.492 e. The number of halogens is 3. The van der Waals surface area contributed by atoms with Gasteiger partial charge in [-0.2, -0.15) is 13.2 Å². The molecule has 0 fully saturated rings. The lowest BCUT2D eigenvalue weighted by atomic mass is 9.92. The monoisotopic (exact) mass is 286 g/mol. The lowest BCUT2D eigenvalue weighted by Crippen LogP contribution is -2.39. The summed E-state index contributed by atoms with van der Waals surface area (Å²) in [6.45, 7) is -0.655. The summed E-state index contributed by atoms with van der Waals surface area (Å²) in [6.07, 6.45) is -0.376. The highest BCUT2D eigenvalue weighted by Gasteiger charge is 2.42. The van der Waals surface area contributed by atoms with Crippen LogP contribution in [0, 0.1) is 11.3 Å². The van der Waals surface area contributed by atoms with Gasteiger partial charge in [0.15, 0.2) is 0 Å². The van der Waals surface area contributed by atoms with E-state index in [4.69, 9.17) is 15.9 Å². The summed E-state index contributed by atoms with van der Waals surface area (Å²) >= 11 is 0. The number of rotatable bonds is 4. The lowest BCUT2D eigenvalue weighted by molar-refractivity contribution is -0.162. The fourth-order valence-corrected chi connectivity index (χ4v) is 2.34. The molecule has 110 valence electrons. The molecule has 6 heteroatoms. The van der Waals surface area contributed by atoms with E-state index in [-0.39, 0.29) is 0 Å². The van der Waals surface area contributed by atoms with Crippen LogP contribution in [0.4, 0.5) is 13.2 Å². The average molecular weight is 286 g/mol. The van der Waals surface area contributed by atoms with Crippen molar-refractivity contribution in [3.05, 3.63) is 29.3 Å². The third kappa shape index (κ3) is 3.43. The van der Waals surface area contributed by atoms with E-state index in [2.05, 4.69) is 0 Å². The van der Waals surface area contributed by atoms with Gasteiger partial charge in [0.2, 0.25) is 0 Å². The van der Waals surface area contributed by atoms with Crippen molar-refractivity contribution in [2.75, 3.05) is 6.61 Å². The summed E-state index contributed by atoms with van der Waals surface area (Å²) in [5.41, 5.74) is 7.36. The van der Waals surface area contributed by atoms with Crippen molar-refractivity contribution in [2.24, 2.45) is 11.7 Å². The average Bonchev–Trinajstić information content (AvgIpc) is 2.36. The molecule has 0 radical (unpaired) electrons. The van der Waals surface area contributed by atoms with Gasteiger partial charge < -0.3 is 10.5 Å². The fraction of sp³-hybridized carbons (Fsp3) is 0.500. The quantitative estimate of drug-likeness (QED) is 0.660. The molecule has 2 rings (SSSR count). The van der Waals surface area contributed by atoms with Gasteiger partial charge in [0.25, 0.3) is 0 Å². The second-order valence-corrected chi connectivity index (χ2v) is 5.00. The molecule has 1 unspecified atom stereocenters. The van der Waals surface area contributed by atoms with Crippen molar-refractivity contribution >= 4 is 5.84 Å². The van der Waals surface area contributed by atoms with Crippen LogP contribution < -0.4 is 10.5 Å². The zero-order valence-electron chi connectivity index (χ0n) is 11.0. The lowest BCUT2D eigenvalue weighted by Gasteiger charge is -2.20. The molecular formula is C14H17F3N2O. The minimum atomic E-state index is -4.56. The predicted molar refractivity (Wildman–Crippen MR) is 70.0 cm³/mol. The van der Waals surface area contributed by atoms with E-state index in [1.54, 1.807) is 12.1 Å². The Morgan fingerprint density at radius 1 is 1.25 bits per heavy atom.